The van der Waals surface area contributed by atoms with Crippen molar-refractivity contribution in [2.45, 2.75) is 38.3 Å². The fraction of sp³-hybridized carbons (Fsp3) is 0.0606. The monoisotopic (exact) mass is 503 g/mol. The van der Waals surface area contributed by atoms with Crippen LogP contribution in [0.4, 0.5) is 0 Å². The lowest BCUT2D eigenvalue weighted by atomic mass is 10.0. The van der Waals surface area contributed by atoms with Gasteiger partial charge in [-0.05, 0) is 74.5 Å². The van der Waals surface area contributed by atoms with E-state index in [1.54, 1.807) is 11.8 Å². The average Bonchev–Trinajstić information content (AvgIpc) is 2.92. The van der Waals surface area contributed by atoms with Crippen molar-refractivity contribution in [3.63, 3.8) is 0 Å². The molecular formula is C33H27OS2+. The topological polar surface area (TPSA) is 17.1 Å². The third-order valence-corrected chi connectivity index (χ3v) is 9.28. The highest BCUT2D eigenvalue weighted by molar-refractivity contribution is 7.99. The van der Waals surface area contributed by atoms with Gasteiger partial charge in [0.1, 0.15) is 0 Å². The molecule has 0 aromatic heterocycles. The largest absolute Gasteiger partial charge is 0.289 e. The number of carbonyl (C=O) groups is 1. The number of ketones is 1. The fourth-order valence-corrected chi connectivity index (χ4v) is 7.00. The van der Waals surface area contributed by atoms with Gasteiger partial charge in [0.05, 0.1) is 10.9 Å². The summed E-state index contributed by atoms with van der Waals surface area (Å²) in [4.78, 5) is 19.1. The Morgan fingerprint density at radius 2 is 1.03 bits per heavy atom. The van der Waals surface area contributed by atoms with Crippen LogP contribution in [0.25, 0.3) is 0 Å². The molecule has 0 bridgehead atoms. The molecule has 0 fully saturated rings. The molecule has 0 aliphatic rings. The maximum Gasteiger partial charge on any atom is 0.194 e. The number of carbonyl (C=O) groups excluding carboxylic acids is 1. The van der Waals surface area contributed by atoms with Gasteiger partial charge in [0.25, 0.3) is 0 Å². The predicted octanol–water partition coefficient (Wildman–Crippen LogP) is 8.78. The molecule has 0 unspecified atom stereocenters. The zero-order chi connectivity index (χ0) is 24.9. The molecule has 0 aliphatic heterocycles. The molecule has 0 radical (unpaired) electrons. The van der Waals surface area contributed by atoms with E-state index in [9.17, 15) is 4.79 Å². The van der Waals surface area contributed by atoms with Gasteiger partial charge in [-0.15, -0.1) is 0 Å². The van der Waals surface area contributed by atoms with Crippen LogP contribution >= 0.6 is 11.8 Å². The molecule has 0 amide bonds. The molecule has 0 atom stereocenters. The average molecular weight is 504 g/mol. The van der Waals surface area contributed by atoms with Gasteiger partial charge in [-0.1, -0.05) is 89.6 Å². The Hall–Kier alpha value is -3.53. The molecule has 0 saturated heterocycles. The van der Waals surface area contributed by atoms with Gasteiger partial charge < -0.3 is 0 Å². The number of rotatable bonds is 7. The molecule has 0 heterocycles. The highest BCUT2D eigenvalue weighted by atomic mass is 32.2. The Morgan fingerprint density at radius 3 is 1.58 bits per heavy atom. The van der Waals surface area contributed by atoms with Crippen molar-refractivity contribution >= 4 is 28.4 Å². The third-order valence-electron chi connectivity index (χ3n) is 5.97. The molecule has 0 spiro atoms. The first-order valence-electron chi connectivity index (χ1n) is 11.9. The molecule has 0 N–H and O–H groups in total. The van der Waals surface area contributed by atoms with Crippen LogP contribution in [-0.2, 0) is 10.9 Å². The van der Waals surface area contributed by atoms with Crippen molar-refractivity contribution in [1.82, 2.24) is 0 Å². The normalized spacial score (nSPS) is 11.0. The smallest absolute Gasteiger partial charge is 0.194 e. The molecule has 0 saturated carbocycles. The van der Waals surface area contributed by atoms with E-state index in [1.807, 2.05) is 54.6 Å². The highest BCUT2D eigenvalue weighted by Crippen LogP contribution is 2.35. The van der Waals surface area contributed by atoms with E-state index in [2.05, 4.69) is 86.6 Å². The SMILES string of the molecule is Cc1ccc([S+](c2ccc(C)cc2)c2ccc(Sc3ccccc3C(=O)c3ccccc3)cc2)cc1. The van der Waals surface area contributed by atoms with Gasteiger partial charge in [0, 0.05) is 20.9 Å². The van der Waals surface area contributed by atoms with Crippen LogP contribution in [0.2, 0.25) is 0 Å². The van der Waals surface area contributed by atoms with Gasteiger partial charge in [0.2, 0.25) is 0 Å². The summed E-state index contributed by atoms with van der Waals surface area (Å²) in [6.07, 6.45) is 0. The molecule has 1 nitrogen and oxygen atoms in total. The summed E-state index contributed by atoms with van der Waals surface area (Å²) in [7, 11) is -0.186. The Kier molecular flexibility index (Phi) is 7.41. The van der Waals surface area contributed by atoms with Gasteiger partial charge in [-0.2, -0.15) is 0 Å². The van der Waals surface area contributed by atoms with E-state index in [1.165, 1.54) is 25.8 Å². The summed E-state index contributed by atoms with van der Waals surface area (Å²) in [5.74, 6) is 0.0515. The zero-order valence-electron chi connectivity index (χ0n) is 20.3. The van der Waals surface area contributed by atoms with Crippen molar-refractivity contribution in [3.8, 4) is 0 Å². The van der Waals surface area contributed by atoms with E-state index in [-0.39, 0.29) is 16.7 Å². The zero-order valence-corrected chi connectivity index (χ0v) is 22.0. The van der Waals surface area contributed by atoms with Crippen molar-refractivity contribution in [3.05, 3.63) is 150 Å². The quantitative estimate of drug-likeness (QED) is 0.163. The fourth-order valence-electron chi connectivity index (χ4n) is 4.02. The molecule has 5 aromatic rings. The second kappa shape index (κ2) is 11.0. The Morgan fingerprint density at radius 1 is 0.556 bits per heavy atom. The second-order valence-corrected chi connectivity index (χ2v) is 11.8. The van der Waals surface area contributed by atoms with Crippen molar-refractivity contribution < 1.29 is 4.79 Å². The van der Waals surface area contributed by atoms with E-state index in [0.29, 0.717) is 5.56 Å². The van der Waals surface area contributed by atoms with Crippen LogP contribution in [0.1, 0.15) is 27.0 Å². The van der Waals surface area contributed by atoms with Gasteiger partial charge in [-0.25, -0.2) is 0 Å². The Balaban J connectivity index is 1.45. The standard InChI is InChI=1S/C33H27OS2/c1-24-12-18-28(19-13-24)36(29-20-14-25(2)15-21-29)30-22-16-27(17-23-30)35-32-11-7-6-10-31(32)33(34)26-8-4-3-5-9-26/h3-23H,1-2H3/q+1. The molecule has 3 heteroatoms. The second-order valence-electron chi connectivity index (χ2n) is 8.70. The van der Waals surface area contributed by atoms with E-state index in [4.69, 9.17) is 0 Å². The first kappa shape index (κ1) is 24.2. The van der Waals surface area contributed by atoms with Crippen LogP contribution in [0, 0.1) is 13.8 Å². The Labute approximate surface area is 220 Å². The summed E-state index contributed by atoms with van der Waals surface area (Å²) in [5, 5.41) is 0. The molecule has 5 rings (SSSR count). The summed E-state index contributed by atoms with van der Waals surface area (Å²) in [6.45, 7) is 4.25. The van der Waals surface area contributed by atoms with Crippen LogP contribution < -0.4 is 0 Å². The predicted molar refractivity (Wildman–Crippen MR) is 151 cm³/mol. The number of benzene rings is 5. The summed E-state index contributed by atoms with van der Waals surface area (Å²) >= 11 is 1.64. The maximum atomic E-state index is 13.2. The van der Waals surface area contributed by atoms with Crippen molar-refractivity contribution in [1.29, 1.82) is 0 Å². The van der Waals surface area contributed by atoms with E-state index < -0.39 is 0 Å². The minimum atomic E-state index is -0.186. The first-order chi connectivity index (χ1) is 17.6. The molecule has 5 aromatic carbocycles. The van der Waals surface area contributed by atoms with Gasteiger partial charge >= 0.3 is 0 Å². The van der Waals surface area contributed by atoms with Crippen LogP contribution in [0.3, 0.4) is 0 Å². The highest BCUT2D eigenvalue weighted by Gasteiger charge is 2.28. The number of aryl methyl sites for hydroxylation is 2. The minimum Gasteiger partial charge on any atom is -0.289 e. The lowest BCUT2D eigenvalue weighted by Crippen LogP contribution is -2.05. The van der Waals surface area contributed by atoms with Crippen LogP contribution in [0.15, 0.2) is 152 Å². The number of hydrogen-bond acceptors (Lipinski definition) is 2. The van der Waals surface area contributed by atoms with Crippen molar-refractivity contribution in [2.75, 3.05) is 0 Å². The van der Waals surface area contributed by atoms with Crippen molar-refractivity contribution in [2.24, 2.45) is 0 Å². The number of hydrogen-bond donors (Lipinski definition) is 0. The summed E-state index contributed by atoms with van der Waals surface area (Å²) in [5.41, 5.74) is 3.97. The van der Waals surface area contributed by atoms with Gasteiger partial charge in [0.15, 0.2) is 20.5 Å². The van der Waals surface area contributed by atoms with E-state index >= 15 is 0 Å². The van der Waals surface area contributed by atoms with Gasteiger partial charge in [-0.3, -0.25) is 4.79 Å². The Bertz CT molecular complexity index is 1410. The molecule has 176 valence electrons. The van der Waals surface area contributed by atoms with Crippen LogP contribution in [0.5, 0.6) is 0 Å². The molecule has 36 heavy (non-hydrogen) atoms. The summed E-state index contributed by atoms with van der Waals surface area (Å²) in [6, 6.07) is 43.9. The van der Waals surface area contributed by atoms with Crippen LogP contribution in [-0.4, -0.2) is 5.78 Å². The first-order valence-corrected chi connectivity index (χ1v) is 14.0. The lowest BCUT2D eigenvalue weighted by Gasteiger charge is -2.11. The summed E-state index contributed by atoms with van der Waals surface area (Å²) < 4.78 is 0. The lowest BCUT2D eigenvalue weighted by molar-refractivity contribution is 0.103. The molecule has 0 aliphatic carbocycles. The van der Waals surface area contributed by atoms with E-state index in [0.717, 1.165) is 15.4 Å². The third kappa shape index (κ3) is 5.48. The molecular weight excluding hydrogens is 476 g/mol. The minimum absolute atomic E-state index is 0.0515. The maximum absolute atomic E-state index is 13.2.